The number of hydrogen-bond donors (Lipinski definition) is 1. The van der Waals surface area contributed by atoms with Crippen LogP contribution in [0.2, 0.25) is 0 Å². The van der Waals surface area contributed by atoms with Crippen LogP contribution in [0.3, 0.4) is 0 Å². The Morgan fingerprint density at radius 2 is 2.11 bits per heavy atom. The average molecular weight is 370 g/mol. The van der Waals surface area contributed by atoms with Crippen LogP contribution in [-0.2, 0) is 6.54 Å². The predicted molar refractivity (Wildman–Crippen MR) is 84.7 cm³/mol. The first-order valence-electron chi connectivity index (χ1n) is 5.81. The lowest BCUT2D eigenvalue weighted by molar-refractivity contribution is 0.411. The number of nitrogens with zero attached hydrogens (tertiary/aromatic N) is 1. The van der Waals surface area contributed by atoms with Gasteiger partial charge in [-0.3, -0.25) is 4.79 Å². The number of rotatable bonds is 3. The Hall–Kier alpha value is -1.50. The molecule has 0 bridgehead atoms. The molecule has 0 fully saturated rings. The highest BCUT2D eigenvalue weighted by molar-refractivity contribution is 14.1. The first kappa shape index (κ1) is 13.9. The Bertz CT molecular complexity index is 665. The Balaban J connectivity index is 2.34. The second-order valence-corrected chi connectivity index (χ2v) is 5.48. The van der Waals surface area contributed by atoms with E-state index >= 15 is 0 Å². The molecule has 2 aromatic rings. The third kappa shape index (κ3) is 2.91. The third-order valence-electron chi connectivity index (χ3n) is 2.99. The summed E-state index contributed by atoms with van der Waals surface area (Å²) in [6.07, 6.45) is 1.77. The van der Waals surface area contributed by atoms with Gasteiger partial charge in [-0.1, -0.05) is 6.07 Å². The number of methoxy groups -OCH3 is 1. The van der Waals surface area contributed by atoms with Crippen LogP contribution in [0.25, 0.3) is 0 Å². The molecule has 0 aliphatic rings. The predicted octanol–water partition coefficient (Wildman–Crippen LogP) is 2.40. The first-order valence-corrected chi connectivity index (χ1v) is 6.88. The van der Waals surface area contributed by atoms with E-state index in [-0.39, 0.29) is 5.56 Å². The van der Waals surface area contributed by atoms with Gasteiger partial charge in [0.05, 0.1) is 17.2 Å². The lowest BCUT2D eigenvalue weighted by Gasteiger charge is -2.10. The van der Waals surface area contributed by atoms with Crippen LogP contribution in [0.4, 0.5) is 5.69 Å². The van der Waals surface area contributed by atoms with E-state index in [0.29, 0.717) is 12.2 Å². The van der Waals surface area contributed by atoms with Gasteiger partial charge in [-0.05, 0) is 58.8 Å². The molecule has 5 heteroatoms. The molecule has 0 saturated carbocycles. The van der Waals surface area contributed by atoms with Crippen LogP contribution in [0, 0.1) is 10.5 Å². The molecule has 0 spiro atoms. The van der Waals surface area contributed by atoms with Crippen molar-refractivity contribution < 1.29 is 4.74 Å². The molecule has 1 aromatic heterocycles. The Morgan fingerprint density at radius 1 is 1.37 bits per heavy atom. The van der Waals surface area contributed by atoms with Crippen LogP contribution in [0.1, 0.15) is 11.1 Å². The van der Waals surface area contributed by atoms with Gasteiger partial charge in [0.1, 0.15) is 11.4 Å². The smallest absolute Gasteiger partial charge is 0.274 e. The Labute approximate surface area is 125 Å². The normalized spacial score (nSPS) is 10.5. The fraction of sp³-hybridized carbons (Fsp3) is 0.214. The van der Waals surface area contributed by atoms with Crippen molar-refractivity contribution in [3.05, 3.63) is 55.5 Å². The number of nitrogen functional groups attached to an aromatic ring is 1. The van der Waals surface area contributed by atoms with Gasteiger partial charge < -0.3 is 15.0 Å². The van der Waals surface area contributed by atoms with Gasteiger partial charge in [0.2, 0.25) is 0 Å². The summed E-state index contributed by atoms with van der Waals surface area (Å²) in [7, 11) is 1.64. The van der Waals surface area contributed by atoms with Crippen molar-refractivity contribution in [3.63, 3.8) is 0 Å². The molecule has 0 radical (unpaired) electrons. The largest absolute Gasteiger partial charge is 0.496 e. The van der Waals surface area contributed by atoms with Gasteiger partial charge in [0.25, 0.3) is 5.56 Å². The quantitative estimate of drug-likeness (QED) is 0.845. The molecule has 1 aromatic carbocycles. The summed E-state index contributed by atoms with van der Waals surface area (Å²) in [5.41, 5.74) is 7.77. The number of anilines is 1. The van der Waals surface area contributed by atoms with Crippen LogP contribution < -0.4 is 16.0 Å². The van der Waals surface area contributed by atoms with Gasteiger partial charge in [-0.15, -0.1) is 0 Å². The van der Waals surface area contributed by atoms with Gasteiger partial charge in [0, 0.05) is 6.20 Å². The molecular weight excluding hydrogens is 355 g/mol. The average Bonchev–Trinajstić information content (AvgIpc) is 2.40. The highest BCUT2D eigenvalue weighted by Crippen LogP contribution is 2.21. The molecule has 19 heavy (non-hydrogen) atoms. The fourth-order valence-electron chi connectivity index (χ4n) is 1.81. The minimum Gasteiger partial charge on any atom is -0.496 e. The minimum absolute atomic E-state index is 0.147. The van der Waals surface area contributed by atoms with Crippen molar-refractivity contribution >= 4 is 28.3 Å². The van der Waals surface area contributed by atoms with Gasteiger partial charge >= 0.3 is 0 Å². The zero-order valence-electron chi connectivity index (χ0n) is 10.8. The van der Waals surface area contributed by atoms with Gasteiger partial charge in [-0.2, -0.15) is 0 Å². The number of nitrogens with two attached hydrogens (primary N) is 1. The van der Waals surface area contributed by atoms with Crippen molar-refractivity contribution in [2.75, 3.05) is 12.8 Å². The monoisotopic (exact) mass is 370 g/mol. The van der Waals surface area contributed by atoms with Crippen LogP contribution in [0.15, 0.2) is 35.3 Å². The van der Waals surface area contributed by atoms with E-state index in [1.807, 2.05) is 31.2 Å². The molecule has 0 unspecified atom stereocenters. The van der Waals surface area contributed by atoms with E-state index in [9.17, 15) is 4.79 Å². The summed E-state index contributed by atoms with van der Waals surface area (Å²) < 4.78 is 7.84. The van der Waals surface area contributed by atoms with E-state index in [2.05, 4.69) is 22.6 Å². The fourth-order valence-corrected chi connectivity index (χ4v) is 2.61. The molecular formula is C14H15IN2O2. The van der Waals surface area contributed by atoms with Crippen molar-refractivity contribution in [2.45, 2.75) is 13.5 Å². The molecule has 2 N–H and O–H groups in total. The maximum Gasteiger partial charge on any atom is 0.274 e. The second kappa shape index (κ2) is 5.64. The van der Waals surface area contributed by atoms with E-state index in [4.69, 9.17) is 10.5 Å². The zero-order chi connectivity index (χ0) is 14.0. The maximum atomic E-state index is 12.0. The Morgan fingerprint density at radius 3 is 2.74 bits per heavy atom. The summed E-state index contributed by atoms with van der Waals surface area (Å²) in [5.74, 6) is 0.833. The Kier molecular flexibility index (Phi) is 4.14. The van der Waals surface area contributed by atoms with E-state index in [0.717, 1.165) is 20.4 Å². The summed E-state index contributed by atoms with van der Waals surface area (Å²) in [4.78, 5) is 12.0. The first-order chi connectivity index (χ1) is 9.02. The molecule has 2 rings (SSSR count). The van der Waals surface area contributed by atoms with Crippen LogP contribution in [0.5, 0.6) is 5.75 Å². The minimum atomic E-state index is -0.147. The maximum absolute atomic E-state index is 12.0. The van der Waals surface area contributed by atoms with E-state index < -0.39 is 0 Å². The summed E-state index contributed by atoms with van der Waals surface area (Å²) >= 11 is 2.21. The standard InChI is InChI=1S/C14H15IN2O2/c1-9-5-6-17(14(18)13(9)16)8-10-3-4-12(19-2)11(15)7-10/h3-7H,8,16H2,1-2H3. The summed E-state index contributed by atoms with van der Waals surface area (Å²) in [5, 5.41) is 0. The third-order valence-corrected chi connectivity index (χ3v) is 3.83. The number of benzene rings is 1. The highest BCUT2D eigenvalue weighted by Gasteiger charge is 2.06. The van der Waals surface area contributed by atoms with Crippen molar-refractivity contribution in [1.82, 2.24) is 4.57 Å². The topological polar surface area (TPSA) is 57.2 Å². The lowest BCUT2D eigenvalue weighted by Crippen LogP contribution is -2.23. The summed E-state index contributed by atoms with van der Waals surface area (Å²) in [6, 6.07) is 7.70. The highest BCUT2D eigenvalue weighted by atomic mass is 127. The lowest BCUT2D eigenvalue weighted by atomic mass is 10.2. The number of ether oxygens (including phenoxy) is 1. The van der Waals surface area contributed by atoms with Crippen LogP contribution in [-0.4, -0.2) is 11.7 Å². The zero-order valence-corrected chi connectivity index (χ0v) is 13.0. The number of aromatic nitrogens is 1. The second-order valence-electron chi connectivity index (χ2n) is 4.31. The van der Waals surface area contributed by atoms with Crippen molar-refractivity contribution in [2.24, 2.45) is 0 Å². The molecule has 0 aliphatic carbocycles. The van der Waals surface area contributed by atoms with Crippen LogP contribution >= 0.6 is 22.6 Å². The number of aryl methyl sites for hydroxylation is 1. The SMILES string of the molecule is COc1ccc(Cn2ccc(C)c(N)c2=O)cc1I. The van der Waals surface area contributed by atoms with Crippen molar-refractivity contribution in [1.29, 1.82) is 0 Å². The molecule has 4 nitrogen and oxygen atoms in total. The molecule has 0 aliphatic heterocycles. The van der Waals surface area contributed by atoms with Crippen molar-refractivity contribution in [3.8, 4) is 5.75 Å². The number of hydrogen-bond acceptors (Lipinski definition) is 3. The summed E-state index contributed by atoms with van der Waals surface area (Å²) in [6.45, 7) is 2.33. The van der Waals surface area contributed by atoms with Gasteiger partial charge in [0.15, 0.2) is 0 Å². The molecule has 0 saturated heterocycles. The number of pyridine rings is 1. The molecule has 100 valence electrons. The number of halogens is 1. The van der Waals surface area contributed by atoms with E-state index in [1.54, 1.807) is 17.9 Å². The van der Waals surface area contributed by atoms with E-state index in [1.165, 1.54) is 0 Å². The van der Waals surface area contributed by atoms with Gasteiger partial charge in [-0.25, -0.2) is 0 Å². The molecule has 0 atom stereocenters. The molecule has 1 heterocycles. The molecule has 0 amide bonds.